The molecule has 3 aliphatic rings. The van der Waals surface area contributed by atoms with Crippen molar-refractivity contribution in [3.8, 4) is 0 Å². The van der Waals surface area contributed by atoms with Gasteiger partial charge in [0, 0.05) is 42.5 Å². The number of hydrogen-bond donors (Lipinski definition) is 1. The first kappa shape index (κ1) is 18.8. The van der Waals surface area contributed by atoms with Crippen LogP contribution in [0.3, 0.4) is 0 Å². The maximum Gasteiger partial charge on any atom is 0.255 e. The summed E-state index contributed by atoms with van der Waals surface area (Å²) in [4.78, 5) is 29.4. The van der Waals surface area contributed by atoms with Crippen LogP contribution in [-0.2, 0) is 4.79 Å². The lowest BCUT2D eigenvalue weighted by atomic mass is 10.0. The predicted molar refractivity (Wildman–Crippen MR) is 102 cm³/mol. The van der Waals surface area contributed by atoms with Gasteiger partial charge >= 0.3 is 0 Å². The Morgan fingerprint density at radius 3 is 2.40 bits per heavy atom. The average Bonchev–Trinajstić information content (AvgIpc) is 3.29. The summed E-state index contributed by atoms with van der Waals surface area (Å²) in [5, 5.41) is 3.99. The fraction of sp³-hybridized carbons (Fsp3) is 0.529. The van der Waals surface area contributed by atoms with E-state index in [0.29, 0.717) is 34.1 Å². The molecule has 0 aromatic heterocycles. The Bertz CT molecular complexity index is 646. The molecule has 136 valence electrons. The number of nitrogens with one attached hydrogen (secondary N) is 1. The zero-order valence-electron chi connectivity index (χ0n) is 13.7. The second kappa shape index (κ2) is 7.74. The Labute approximate surface area is 162 Å². The number of amides is 2. The van der Waals surface area contributed by atoms with Crippen molar-refractivity contribution in [1.29, 1.82) is 0 Å². The van der Waals surface area contributed by atoms with Crippen LogP contribution in [0.1, 0.15) is 10.4 Å². The van der Waals surface area contributed by atoms with Crippen LogP contribution in [0.2, 0.25) is 5.02 Å². The van der Waals surface area contributed by atoms with E-state index >= 15 is 0 Å². The molecule has 3 heterocycles. The van der Waals surface area contributed by atoms with Crippen LogP contribution >= 0.6 is 35.8 Å². The molecular weight excluding hydrogens is 381 g/mol. The SMILES string of the molecule is Cl.O=C(C1CSCN1C(=O)c1ccc(Cl)cc1)N1C[C@H]2CNC[C@H]2C1. The third kappa shape index (κ3) is 3.63. The topological polar surface area (TPSA) is 52.7 Å². The number of carbonyl (C=O) groups excluding carboxylic acids is 2. The number of nitrogens with zero attached hydrogens (tertiary/aromatic N) is 2. The van der Waals surface area contributed by atoms with Gasteiger partial charge in [0.15, 0.2) is 0 Å². The van der Waals surface area contributed by atoms with Crippen molar-refractivity contribution in [3.63, 3.8) is 0 Å². The standard InChI is InChI=1S/C17H20ClN3O2S.ClH/c18-14-3-1-11(2-4-14)16(22)21-10-24-9-15(21)17(23)20-7-12-5-19-6-13(12)8-20;/h1-4,12-13,15,19H,5-10H2;1H/t12-,13+,15?;. The molecule has 1 unspecified atom stereocenters. The van der Waals surface area contributed by atoms with Gasteiger partial charge in [0.25, 0.3) is 5.91 Å². The molecule has 3 aliphatic heterocycles. The van der Waals surface area contributed by atoms with Crippen LogP contribution < -0.4 is 5.32 Å². The van der Waals surface area contributed by atoms with E-state index < -0.39 is 0 Å². The second-order valence-corrected chi connectivity index (χ2v) is 8.16. The molecule has 1 aromatic carbocycles. The van der Waals surface area contributed by atoms with Gasteiger partial charge in [0.05, 0.1) is 5.88 Å². The van der Waals surface area contributed by atoms with E-state index in [1.807, 2.05) is 4.90 Å². The maximum atomic E-state index is 13.0. The van der Waals surface area contributed by atoms with Gasteiger partial charge in [-0.05, 0) is 36.1 Å². The highest BCUT2D eigenvalue weighted by molar-refractivity contribution is 7.99. The predicted octanol–water partition coefficient (Wildman–Crippen LogP) is 1.95. The highest BCUT2D eigenvalue weighted by Crippen LogP contribution is 2.30. The van der Waals surface area contributed by atoms with Crippen molar-refractivity contribution in [2.75, 3.05) is 37.8 Å². The minimum Gasteiger partial charge on any atom is -0.340 e. The fourth-order valence-electron chi connectivity index (χ4n) is 3.85. The van der Waals surface area contributed by atoms with Gasteiger partial charge in [0.2, 0.25) is 5.91 Å². The van der Waals surface area contributed by atoms with Crippen LogP contribution in [0.15, 0.2) is 24.3 Å². The minimum absolute atomic E-state index is 0. The number of fused-ring (bicyclic) bond motifs is 1. The Hall–Kier alpha value is -0.950. The zero-order valence-corrected chi connectivity index (χ0v) is 16.1. The first-order valence-corrected chi connectivity index (χ1v) is 9.80. The van der Waals surface area contributed by atoms with E-state index in [0.717, 1.165) is 26.2 Å². The van der Waals surface area contributed by atoms with Crippen molar-refractivity contribution >= 4 is 47.6 Å². The molecule has 0 aliphatic carbocycles. The summed E-state index contributed by atoms with van der Waals surface area (Å²) in [6, 6.07) is 6.53. The maximum absolute atomic E-state index is 13.0. The lowest BCUT2D eigenvalue weighted by Gasteiger charge is -2.27. The quantitative estimate of drug-likeness (QED) is 0.822. The highest BCUT2D eigenvalue weighted by Gasteiger charge is 2.43. The average molecular weight is 402 g/mol. The lowest BCUT2D eigenvalue weighted by molar-refractivity contribution is -0.134. The molecule has 2 amide bonds. The molecular formula is C17H21Cl2N3O2S. The van der Waals surface area contributed by atoms with E-state index in [1.54, 1.807) is 40.9 Å². The molecule has 3 saturated heterocycles. The van der Waals surface area contributed by atoms with E-state index in [4.69, 9.17) is 11.6 Å². The summed E-state index contributed by atoms with van der Waals surface area (Å²) in [7, 11) is 0. The number of carbonyl (C=O) groups is 2. The van der Waals surface area contributed by atoms with Gasteiger partial charge in [-0.2, -0.15) is 0 Å². The number of likely N-dealkylation sites (tertiary alicyclic amines) is 1. The third-order valence-corrected chi connectivity index (χ3v) is 6.48. The summed E-state index contributed by atoms with van der Waals surface area (Å²) >= 11 is 7.54. The molecule has 8 heteroatoms. The highest BCUT2D eigenvalue weighted by atomic mass is 35.5. The van der Waals surface area contributed by atoms with E-state index in [1.165, 1.54) is 0 Å². The van der Waals surface area contributed by atoms with Crippen LogP contribution in [0.5, 0.6) is 0 Å². The molecule has 0 saturated carbocycles. The molecule has 0 spiro atoms. The van der Waals surface area contributed by atoms with Gasteiger partial charge in [0.1, 0.15) is 6.04 Å². The van der Waals surface area contributed by atoms with Gasteiger partial charge in [-0.1, -0.05) is 11.6 Å². The Balaban J connectivity index is 0.00000182. The third-order valence-electron chi connectivity index (χ3n) is 5.22. The fourth-order valence-corrected chi connectivity index (χ4v) is 5.12. The Morgan fingerprint density at radius 2 is 1.76 bits per heavy atom. The van der Waals surface area contributed by atoms with E-state index in [-0.39, 0.29) is 30.3 Å². The Morgan fingerprint density at radius 1 is 1.12 bits per heavy atom. The summed E-state index contributed by atoms with van der Waals surface area (Å²) in [6.07, 6.45) is 0. The molecule has 0 bridgehead atoms. The summed E-state index contributed by atoms with van der Waals surface area (Å²) in [5.74, 6) is 2.42. The van der Waals surface area contributed by atoms with Crippen molar-refractivity contribution in [2.24, 2.45) is 11.8 Å². The molecule has 1 aromatic rings. The van der Waals surface area contributed by atoms with Gasteiger partial charge in [-0.3, -0.25) is 9.59 Å². The minimum atomic E-state index is -0.343. The van der Waals surface area contributed by atoms with Crippen molar-refractivity contribution in [3.05, 3.63) is 34.9 Å². The smallest absolute Gasteiger partial charge is 0.255 e. The van der Waals surface area contributed by atoms with Crippen LogP contribution in [-0.4, -0.2) is 65.5 Å². The number of thioether (sulfide) groups is 1. The van der Waals surface area contributed by atoms with Crippen molar-refractivity contribution < 1.29 is 9.59 Å². The zero-order chi connectivity index (χ0) is 16.7. The normalized spacial score (nSPS) is 28.0. The van der Waals surface area contributed by atoms with Crippen LogP contribution in [0.25, 0.3) is 0 Å². The molecule has 5 nitrogen and oxygen atoms in total. The lowest BCUT2D eigenvalue weighted by Crippen LogP contribution is -2.48. The molecule has 25 heavy (non-hydrogen) atoms. The number of hydrogen-bond acceptors (Lipinski definition) is 4. The molecule has 3 fully saturated rings. The summed E-state index contributed by atoms with van der Waals surface area (Å²) in [6.45, 7) is 3.64. The van der Waals surface area contributed by atoms with Crippen molar-refractivity contribution in [1.82, 2.24) is 15.1 Å². The second-order valence-electron chi connectivity index (χ2n) is 6.72. The molecule has 4 rings (SSSR count). The largest absolute Gasteiger partial charge is 0.340 e. The van der Waals surface area contributed by atoms with Crippen molar-refractivity contribution in [2.45, 2.75) is 6.04 Å². The van der Waals surface area contributed by atoms with E-state index in [2.05, 4.69) is 5.32 Å². The molecule has 1 N–H and O–H groups in total. The first-order valence-electron chi connectivity index (χ1n) is 8.27. The monoisotopic (exact) mass is 401 g/mol. The van der Waals surface area contributed by atoms with Crippen LogP contribution in [0.4, 0.5) is 0 Å². The summed E-state index contributed by atoms with van der Waals surface area (Å²) in [5.41, 5.74) is 0.585. The number of halogens is 2. The Kier molecular flexibility index (Phi) is 5.83. The summed E-state index contributed by atoms with van der Waals surface area (Å²) < 4.78 is 0. The number of rotatable bonds is 2. The molecule has 3 atom stereocenters. The first-order chi connectivity index (χ1) is 11.6. The number of benzene rings is 1. The van der Waals surface area contributed by atoms with Gasteiger partial charge < -0.3 is 15.1 Å². The van der Waals surface area contributed by atoms with E-state index in [9.17, 15) is 9.59 Å². The van der Waals surface area contributed by atoms with Gasteiger partial charge in [-0.25, -0.2) is 0 Å². The van der Waals surface area contributed by atoms with Crippen LogP contribution in [0, 0.1) is 11.8 Å². The van der Waals surface area contributed by atoms with Gasteiger partial charge in [-0.15, -0.1) is 24.2 Å². The molecule has 0 radical (unpaired) electrons.